The van der Waals surface area contributed by atoms with Gasteiger partial charge in [-0.25, -0.2) is 14.8 Å². The van der Waals surface area contributed by atoms with Gasteiger partial charge in [-0.2, -0.15) is 8.78 Å². The van der Waals surface area contributed by atoms with Crippen LogP contribution in [0, 0.1) is 0 Å². The van der Waals surface area contributed by atoms with E-state index in [-0.39, 0.29) is 17.8 Å². The summed E-state index contributed by atoms with van der Waals surface area (Å²) in [7, 11) is 1.68. The second kappa shape index (κ2) is 7.47. The summed E-state index contributed by atoms with van der Waals surface area (Å²) < 4.78 is 29.4. The highest BCUT2D eigenvalue weighted by Crippen LogP contribution is 2.36. The fraction of sp³-hybridized carbons (Fsp3) is 0.294. The molecule has 7 nitrogen and oxygen atoms in total. The van der Waals surface area contributed by atoms with Crippen LogP contribution in [0.1, 0.15) is 11.1 Å². The van der Waals surface area contributed by atoms with Gasteiger partial charge in [0.2, 0.25) is 0 Å². The van der Waals surface area contributed by atoms with Crippen LogP contribution in [-0.2, 0) is 6.54 Å². The Kier molecular flexibility index (Phi) is 5.26. The largest absolute Gasteiger partial charge is 0.465 e. The number of hydrogen-bond acceptors (Lipinski definition) is 6. The van der Waals surface area contributed by atoms with E-state index in [0.717, 1.165) is 0 Å². The Bertz CT molecular complexity index is 907. The first-order chi connectivity index (χ1) is 12.9. The Morgan fingerprint density at radius 2 is 2.19 bits per heavy atom. The average Bonchev–Trinajstić information content (AvgIpc) is 2.66. The maximum atomic E-state index is 14.7. The molecule has 0 radical (unpaired) electrons. The lowest BCUT2D eigenvalue weighted by Gasteiger charge is -2.33. The van der Waals surface area contributed by atoms with E-state index in [2.05, 4.69) is 20.3 Å². The third kappa shape index (κ3) is 3.70. The fourth-order valence-corrected chi connectivity index (χ4v) is 3.16. The Labute approximate surface area is 158 Å². The van der Waals surface area contributed by atoms with Gasteiger partial charge >= 0.3 is 12.0 Å². The zero-order valence-corrected chi connectivity index (χ0v) is 15.4. The van der Waals surface area contributed by atoms with Gasteiger partial charge in [-0.15, -0.1) is 0 Å². The van der Waals surface area contributed by atoms with Crippen molar-refractivity contribution in [2.24, 2.45) is 4.99 Å². The summed E-state index contributed by atoms with van der Waals surface area (Å²) in [5, 5.41) is 12.7. The Morgan fingerprint density at radius 1 is 1.44 bits per heavy atom. The SMILES string of the molecule is CNc1nc(SC)ncc1C/N=C1/c2ccccc2N(C(=O)O)CC1(F)F. The molecule has 1 aromatic heterocycles. The third-order valence-electron chi connectivity index (χ3n) is 4.05. The van der Waals surface area contributed by atoms with Gasteiger partial charge in [0.15, 0.2) is 5.16 Å². The summed E-state index contributed by atoms with van der Waals surface area (Å²) in [6.07, 6.45) is 1.95. The molecular formula is C17H17F2N5O2S. The van der Waals surface area contributed by atoms with Gasteiger partial charge in [-0.1, -0.05) is 30.0 Å². The Hall–Kier alpha value is -2.75. The van der Waals surface area contributed by atoms with Crippen molar-refractivity contribution in [1.82, 2.24) is 9.97 Å². The number of carboxylic acid groups (broad SMARTS) is 1. The first-order valence-electron chi connectivity index (χ1n) is 7.97. The number of para-hydroxylation sites is 1. The molecule has 10 heteroatoms. The zero-order chi connectivity index (χ0) is 19.6. The van der Waals surface area contributed by atoms with Crippen LogP contribution < -0.4 is 10.2 Å². The molecule has 2 heterocycles. The zero-order valence-electron chi connectivity index (χ0n) is 14.6. The molecule has 0 spiro atoms. The number of benzene rings is 1. The van der Waals surface area contributed by atoms with E-state index in [1.165, 1.54) is 23.9 Å². The molecule has 2 aromatic rings. The molecule has 1 amide bonds. The minimum Gasteiger partial charge on any atom is -0.465 e. The monoisotopic (exact) mass is 393 g/mol. The molecule has 0 aliphatic carbocycles. The molecule has 0 bridgehead atoms. The van der Waals surface area contributed by atoms with Gasteiger partial charge in [0.1, 0.15) is 11.5 Å². The van der Waals surface area contributed by atoms with Crippen molar-refractivity contribution in [3.05, 3.63) is 41.6 Å². The topological polar surface area (TPSA) is 90.7 Å². The lowest BCUT2D eigenvalue weighted by molar-refractivity contribution is 0.0820. The van der Waals surface area contributed by atoms with Crippen molar-refractivity contribution in [3.8, 4) is 0 Å². The first kappa shape index (κ1) is 19.0. The van der Waals surface area contributed by atoms with Crippen molar-refractivity contribution >= 4 is 35.1 Å². The Balaban J connectivity index is 2.02. The number of aromatic nitrogens is 2. The molecular weight excluding hydrogens is 376 g/mol. The van der Waals surface area contributed by atoms with E-state index in [0.29, 0.717) is 21.4 Å². The molecule has 3 rings (SSSR count). The van der Waals surface area contributed by atoms with Gasteiger partial charge < -0.3 is 10.4 Å². The van der Waals surface area contributed by atoms with Crippen LogP contribution >= 0.6 is 11.8 Å². The summed E-state index contributed by atoms with van der Waals surface area (Å²) >= 11 is 1.37. The van der Waals surface area contributed by atoms with Gasteiger partial charge in [0.05, 0.1) is 18.8 Å². The van der Waals surface area contributed by atoms with Gasteiger partial charge in [0, 0.05) is 24.4 Å². The number of thioether (sulfide) groups is 1. The standard InChI is InChI=1S/C17H17F2N5O2S/c1-20-14-10(8-22-15(23-14)27-2)7-21-13-11-5-3-4-6-12(11)24(16(25)26)9-17(13,18)19/h3-6,8H,7,9H2,1-2H3,(H,25,26)(H,20,22,23)/b21-13-. The van der Waals surface area contributed by atoms with Crippen LogP contribution in [0.3, 0.4) is 0 Å². The van der Waals surface area contributed by atoms with Crippen LogP contribution in [0.25, 0.3) is 0 Å². The molecule has 2 N–H and O–H groups in total. The van der Waals surface area contributed by atoms with Crippen molar-refractivity contribution in [2.75, 3.05) is 30.1 Å². The van der Waals surface area contributed by atoms with E-state index in [1.54, 1.807) is 25.4 Å². The van der Waals surface area contributed by atoms with Crippen LogP contribution in [0.4, 0.5) is 25.1 Å². The maximum absolute atomic E-state index is 14.7. The number of anilines is 2. The number of nitrogens with zero attached hydrogens (tertiary/aromatic N) is 4. The fourth-order valence-electron chi connectivity index (χ4n) is 2.82. The molecule has 27 heavy (non-hydrogen) atoms. The maximum Gasteiger partial charge on any atom is 0.412 e. The summed E-state index contributed by atoms with van der Waals surface area (Å²) in [6, 6.07) is 6.11. The number of hydrogen-bond donors (Lipinski definition) is 2. The molecule has 1 aliphatic heterocycles. The molecule has 0 fully saturated rings. The van der Waals surface area contributed by atoms with E-state index < -0.39 is 24.3 Å². The van der Waals surface area contributed by atoms with E-state index >= 15 is 0 Å². The number of aliphatic imine (C=N–C) groups is 1. The van der Waals surface area contributed by atoms with Gasteiger partial charge in [-0.3, -0.25) is 9.89 Å². The summed E-state index contributed by atoms with van der Waals surface area (Å²) in [4.78, 5) is 24.6. The minimum absolute atomic E-state index is 0.0584. The normalized spacial score (nSPS) is 16.9. The van der Waals surface area contributed by atoms with Crippen LogP contribution in [0.5, 0.6) is 0 Å². The average molecular weight is 393 g/mol. The molecule has 1 aromatic carbocycles. The summed E-state index contributed by atoms with van der Waals surface area (Å²) in [6.45, 7) is -1.03. The number of halogens is 2. The molecule has 0 atom stereocenters. The van der Waals surface area contributed by atoms with Crippen molar-refractivity contribution in [2.45, 2.75) is 17.6 Å². The van der Waals surface area contributed by atoms with Crippen molar-refractivity contribution in [1.29, 1.82) is 0 Å². The number of carbonyl (C=O) groups is 1. The van der Waals surface area contributed by atoms with Crippen LogP contribution in [0.2, 0.25) is 0 Å². The Morgan fingerprint density at radius 3 is 2.85 bits per heavy atom. The second-order valence-corrected chi connectivity index (χ2v) is 6.51. The number of fused-ring (bicyclic) bond motifs is 1. The van der Waals surface area contributed by atoms with E-state index in [9.17, 15) is 18.7 Å². The quantitative estimate of drug-likeness (QED) is 0.611. The minimum atomic E-state index is -3.41. The predicted octanol–water partition coefficient (Wildman–Crippen LogP) is 3.36. The van der Waals surface area contributed by atoms with Crippen LogP contribution in [-0.4, -0.2) is 52.7 Å². The smallest absolute Gasteiger partial charge is 0.412 e. The molecule has 0 saturated carbocycles. The highest BCUT2D eigenvalue weighted by Gasteiger charge is 2.46. The first-order valence-corrected chi connectivity index (χ1v) is 9.20. The number of nitrogens with one attached hydrogen (secondary N) is 1. The van der Waals surface area contributed by atoms with Crippen molar-refractivity contribution < 1.29 is 18.7 Å². The molecule has 0 unspecified atom stereocenters. The highest BCUT2D eigenvalue weighted by atomic mass is 32.2. The highest BCUT2D eigenvalue weighted by molar-refractivity contribution is 7.98. The molecule has 1 aliphatic rings. The molecule has 0 saturated heterocycles. The molecule has 142 valence electrons. The summed E-state index contributed by atoms with van der Waals surface area (Å²) in [5.74, 6) is -2.90. The number of amides is 1. The van der Waals surface area contributed by atoms with Gasteiger partial charge in [0.25, 0.3) is 0 Å². The summed E-state index contributed by atoms with van der Waals surface area (Å²) in [5.41, 5.74) is 0.421. The predicted molar refractivity (Wildman–Crippen MR) is 100 cm³/mol. The number of alkyl halides is 2. The van der Waals surface area contributed by atoms with E-state index in [1.807, 2.05) is 6.26 Å². The lowest BCUT2D eigenvalue weighted by atomic mass is 9.96. The number of rotatable bonds is 4. The van der Waals surface area contributed by atoms with Gasteiger partial charge in [-0.05, 0) is 12.3 Å². The second-order valence-electron chi connectivity index (χ2n) is 5.74. The van der Waals surface area contributed by atoms with Crippen molar-refractivity contribution in [3.63, 3.8) is 0 Å². The third-order valence-corrected chi connectivity index (χ3v) is 4.62. The van der Waals surface area contributed by atoms with E-state index in [4.69, 9.17) is 0 Å². The lowest BCUT2D eigenvalue weighted by Crippen LogP contribution is -2.50. The van der Waals surface area contributed by atoms with Crippen LogP contribution in [0.15, 0.2) is 40.6 Å².